The van der Waals surface area contributed by atoms with E-state index in [1.165, 1.54) is 30.9 Å². The van der Waals surface area contributed by atoms with Gasteiger partial charge in [-0.05, 0) is 53.7 Å². The number of rotatable bonds is 2. The lowest BCUT2D eigenvalue weighted by molar-refractivity contribution is -0.0273. The van der Waals surface area contributed by atoms with Crippen LogP contribution in [0.4, 0.5) is 0 Å². The zero-order chi connectivity index (χ0) is 13.2. The predicted octanol–water partition coefficient (Wildman–Crippen LogP) is 2.28. The summed E-state index contributed by atoms with van der Waals surface area (Å²) in [6.45, 7) is 0. The van der Waals surface area contributed by atoms with Crippen molar-refractivity contribution in [3.05, 3.63) is 45.7 Å². The van der Waals surface area contributed by atoms with Gasteiger partial charge < -0.3 is 10.1 Å². The highest BCUT2D eigenvalue weighted by atomic mass is 16.4. The Morgan fingerprint density at radius 1 is 1.26 bits per heavy atom. The van der Waals surface area contributed by atoms with E-state index in [0.29, 0.717) is 5.41 Å². The maximum Gasteiger partial charge on any atom is 0.341 e. The van der Waals surface area contributed by atoms with Crippen molar-refractivity contribution < 1.29 is 9.90 Å². The SMILES string of the molecule is O=C(O)c1cc2ccc(C34CC(C3)C4)cc2[nH]c1=O. The molecule has 2 bridgehead atoms. The molecular formula is C15H13NO3. The molecule has 3 aliphatic rings. The van der Waals surface area contributed by atoms with E-state index in [9.17, 15) is 9.59 Å². The molecule has 3 aliphatic carbocycles. The van der Waals surface area contributed by atoms with Gasteiger partial charge in [-0.3, -0.25) is 4.79 Å². The number of fused-ring (bicyclic) bond motifs is 1. The highest BCUT2D eigenvalue weighted by Crippen LogP contribution is 2.65. The van der Waals surface area contributed by atoms with Gasteiger partial charge in [-0.25, -0.2) is 4.79 Å². The van der Waals surface area contributed by atoms with Crippen molar-refractivity contribution >= 4 is 16.9 Å². The fraction of sp³-hybridized carbons (Fsp3) is 0.333. The third kappa shape index (κ3) is 1.34. The highest BCUT2D eigenvalue weighted by molar-refractivity contribution is 5.92. The van der Waals surface area contributed by atoms with Gasteiger partial charge in [0.05, 0.1) is 0 Å². The minimum atomic E-state index is -1.19. The standard InChI is InChI=1S/C15H13NO3/c17-13-11(14(18)19)3-9-1-2-10(4-12(9)16-13)15-5-8(6-15)7-15/h1-4,8H,5-7H2,(H,16,17)(H,18,19). The van der Waals surface area contributed by atoms with E-state index in [1.807, 2.05) is 12.1 Å². The molecule has 5 rings (SSSR count). The van der Waals surface area contributed by atoms with Gasteiger partial charge in [0.2, 0.25) is 0 Å². The molecule has 1 heterocycles. The van der Waals surface area contributed by atoms with Crippen LogP contribution in [0.2, 0.25) is 0 Å². The number of carboxylic acids is 1. The predicted molar refractivity (Wildman–Crippen MR) is 70.5 cm³/mol. The van der Waals surface area contributed by atoms with Crippen LogP contribution in [0.3, 0.4) is 0 Å². The van der Waals surface area contributed by atoms with Gasteiger partial charge in [0.1, 0.15) is 5.56 Å². The van der Waals surface area contributed by atoms with E-state index in [2.05, 4.69) is 11.1 Å². The third-order valence-corrected chi connectivity index (χ3v) is 4.73. The van der Waals surface area contributed by atoms with Crippen LogP contribution < -0.4 is 5.56 Å². The van der Waals surface area contributed by atoms with E-state index in [-0.39, 0.29) is 5.56 Å². The van der Waals surface area contributed by atoms with E-state index >= 15 is 0 Å². The topological polar surface area (TPSA) is 70.2 Å². The zero-order valence-corrected chi connectivity index (χ0v) is 10.3. The molecule has 1 aromatic heterocycles. The number of hydrogen-bond donors (Lipinski definition) is 2. The van der Waals surface area contributed by atoms with Gasteiger partial charge in [0.25, 0.3) is 5.56 Å². The van der Waals surface area contributed by atoms with Gasteiger partial charge in [0, 0.05) is 5.52 Å². The Balaban J connectivity index is 1.88. The number of aromatic nitrogens is 1. The van der Waals surface area contributed by atoms with E-state index in [1.54, 1.807) is 0 Å². The van der Waals surface area contributed by atoms with Crippen LogP contribution in [-0.2, 0) is 5.41 Å². The molecular weight excluding hydrogens is 242 g/mol. The lowest BCUT2D eigenvalue weighted by Gasteiger charge is -2.62. The summed E-state index contributed by atoms with van der Waals surface area (Å²) in [6, 6.07) is 7.44. The fourth-order valence-corrected chi connectivity index (χ4v) is 3.52. The maximum atomic E-state index is 11.7. The number of carbonyl (C=O) groups is 1. The average Bonchev–Trinajstić information content (AvgIpc) is 2.23. The Bertz CT molecular complexity index is 758. The van der Waals surface area contributed by atoms with Gasteiger partial charge in [-0.1, -0.05) is 12.1 Å². The van der Waals surface area contributed by atoms with E-state index < -0.39 is 11.5 Å². The first-order chi connectivity index (χ1) is 9.07. The fourth-order valence-electron chi connectivity index (χ4n) is 3.52. The van der Waals surface area contributed by atoms with Crippen LogP contribution in [0.1, 0.15) is 35.2 Å². The molecule has 3 saturated carbocycles. The zero-order valence-electron chi connectivity index (χ0n) is 10.3. The first kappa shape index (κ1) is 10.8. The van der Waals surface area contributed by atoms with Crippen molar-refractivity contribution in [2.75, 3.05) is 0 Å². The summed E-state index contributed by atoms with van der Waals surface area (Å²) in [4.78, 5) is 25.3. The van der Waals surface area contributed by atoms with Gasteiger partial charge in [-0.15, -0.1) is 0 Å². The van der Waals surface area contributed by atoms with Crippen molar-refractivity contribution in [3.63, 3.8) is 0 Å². The molecule has 0 spiro atoms. The molecule has 1 aromatic carbocycles. The number of aromatic carboxylic acids is 1. The van der Waals surface area contributed by atoms with Crippen LogP contribution in [0.5, 0.6) is 0 Å². The van der Waals surface area contributed by atoms with Crippen molar-refractivity contribution in [2.45, 2.75) is 24.7 Å². The number of aromatic amines is 1. The quantitative estimate of drug-likeness (QED) is 0.864. The Labute approximate surface area is 109 Å². The molecule has 2 N–H and O–H groups in total. The summed E-state index contributed by atoms with van der Waals surface area (Å²) in [6.07, 6.45) is 3.78. The van der Waals surface area contributed by atoms with Crippen molar-refractivity contribution in [3.8, 4) is 0 Å². The van der Waals surface area contributed by atoms with Gasteiger partial charge >= 0.3 is 5.97 Å². The second-order valence-corrected chi connectivity index (χ2v) is 5.88. The molecule has 0 saturated heterocycles. The summed E-state index contributed by atoms with van der Waals surface area (Å²) in [5, 5.41) is 9.71. The smallest absolute Gasteiger partial charge is 0.341 e. The van der Waals surface area contributed by atoms with Crippen LogP contribution in [-0.4, -0.2) is 16.1 Å². The first-order valence-corrected chi connectivity index (χ1v) is 6.48. The molecule has 4 heteroatoms. The summed E-state index contributed by atoms with van der Waals surface area (Å²) in [7, 11) is 0. The Morgan fingerprint density at radius 2 is 2.00 bits per heavy atom. The van der Waals surface area contributed by atoms with E-state index in [4.69, 9.17) is 5.11 Å². The Morgan fingerprint density at radius 3 is 2.58 bits per heavy atom. The molecule has 96 valence electrons. The summed E-state index contributed by atoms with van der Waals surface area (Å²) in [5.41, 5.74) is 1.63. The second-order valence-electron chi connectivity index (χ2n) is 5.88. The van der Waals surface area contributed by atoms with Crippen molar-refractivity contribution in [1.29, 1.82) is 0 Å². The molecule has 2 aromatic rings. The van der Waals surface area contributed by atoms with Crippen molar-refractivity contribution in [1.82, 2.24) is 4.98 Å². The first-order valence-electron chi connectivity index (χ1n) is 6.48. The van der Waals surface area contributed by atoms with Crippen LogP contribution >= 0.6 is 0 Å². The molecule has 0 atom stereocenters. The Hall–Kier alpha value is -2.10. The Kier molecular flexibility index (Phi) is 1.85. The lowest BCUT2D eigenvalue weighted by atomic mass is 9.42. The number of carboxylic acid groups (broad SMARTS) is 1. The summed E-state index contributed by atoms with van der Waals surface area (Å²) < 4.78 is 0. The van der Waals surface area contributed by atoms with Crippen LogP contribution in [0.15, 0.2) is 29.1 Å². The molecule has 0 unspecified atom stereocenters. The molecule has 0 amide bonds. The van der Waals surface area contributed by atoms with Crippen LogP contribution in [0, 0.1) is 5.92 Å². The highest BCUT2D eigenvalue weighted by Gasteiger charge is 2.57. The summed E-state index contributed by atoms with van der Waals surface area (Å²) in [5.74, 6) is -0.282. The van der Waals surface area contributed by atoms with Crippen molar-refractivity contribution in [2.24, 2.45) is 5.92 Å². The number of hydrogen-bond acceptors (Lipinski definition) is 2. The normalized spacial score (nSPS) is 27.7. The van der Waals surface area contributed by atoms with Crippen LogP contribution in [0.25, 0.3) is 10.9 Å². The minimum absolute atomic E-state index is 0.203. The molecule has 19 heavy (non-hydrogen) atoms. The number of benzene rings is 1. The largest absolute Gasteiger partial charge is 0.477 e. The summed E-state index contributed by atoms with van der Waals surface area (Å²) >= 11 is 0. The molecule has 0 aliphatic heterocycles. The van der Waals surface area contributed by atoms with E-state index in [0.717, 1.165) is 16.8 Å². The number of H-pyrrole nitrogens is 1. The molecule has 0 radical (unpaired) electrons. The minimum Gasteiger partial charge on any atom is -0.477 e. The molecule has 4 nitrogen and oxygen atoms in total. The maximum absolute atomic E-state index is 11.7. The average molecular weight is 255 g/mol. The molecule has 3 fully saturated rings. The lowest BCUT2D eigenvalue weighted by Crippen LogP contribution is -2.55. The number of nitrogens with one attached hydrogen (secondary N) is 1. The van der Waals surface area contributed by atoms with Gasteiger partial charge in [0.15, 0.2) is 0 Å². The monoisotopic (exact) mass is 255 g/mol. The second kappa shape index (κ2) is 3.26. The third-order valence-electron chi connectivity index (χ3n) is 4.73. The van der Waals surface area contributed by atoms with Gasteiger partial charge in [-0.2, -0.15) is 0 Å². The number of pyridine rings is 1.